The van der Waals surface area contributed by atoms with Crippen molar-refractivity contribution in [2.45, 2.75) is 25.7 Å². The molecule has 1 aliphatic heterocycles. The van der Waals surface area contributed by atoms with Crippen LogP contribution in [0.25, 0.3) is 0 Å². The minimum absolute atomic E-state index is 0.0458. The van der Waals surface area contributed by atoms with Gasteiger partial charge in [-0.3, -0.25) is 0 Å². The van der Waals surface area contributed by atoms with E-state index in [0.29, 0.717) is 13.1 Å². The van der Waals surface area contributed by atoms with E-state index in [9.17, 15) is 8.78 Å². The van der Waals surface area contributed by atoms with Gasteiger partial charge in [0.25, 0.3) is 5.92 Å². The highest BCUT2D eigenvalue weighted by Crippen LogP contribution is 2.31. The van der Waals surface area contributed by atoms with Gasteiger partial charge in [-0.05, 0) is 30.7 Å². The molecule has 0 aromatic heterocycles. The predicted molar refractivity (Wildman–Crippen MR) is 67.1 cm³/mol. The molecule has 2 nitrogen and oxygen atoms in total. The largest absolute Gasteiger partial charge is 0.388 e. The average Bonchev–Trinajstić information content (AvgIpc) is 2.28. The van der Waals surface area contributed by atoms with E-state index < -0.39 is 5.92 Å². The number of aryl methyl sites for hydroxylation is 1. The molecule has 0 saturated carbocycles. The molecular weight excluding hydrogens is 222 g/mol. The molecule has 1 fully saturated rings. The second kappa shape index (κ2) is 4.51. The summed E-state index contributed by atoms with van der Waals surface area (Å²) in [5.74, 6) is -2.48. The number of hydrogen-bond donors (Lipinski definition) is 1. The van der Waals surface area contributed by atoms with Crippen LogP contribution in [0.15, 0.2) is 18.2 Å². The minimum Gasteiger partial charge on any atom is -0.388 e. The molecule has 0 radical (unpaired) electrons. The van der Waals surface area contributed by atoms with Crippen molar-refractivity contribution in [2.75, 3.05) is 30.4 Å². The lowest BCUT2D eigenvalue weighted by atomic mass is 10.1. The van der Waals surface area contributed by atoms with Crippen molar-refractivity contribution in [1.29, 1.82) is 0 Å². The van der Waals surface area contributed by atoms with Gasteiger partial charge < -0.3 is 10.2 Å². The molecule has 4 heteroatoms. The topological polar surface area (TPSA) is 15.3 Å². The Morgan fingerprint density at radius 1 is 1.18 bits per heavy atom. The van der Waals surface area contributed by atoms with Crippen molar-refractivity contribution >= 4 is 11.4 Å². The van der Waals surface area contributed by atoms with Crippen molar-refractivity contribution < 1.29 is 8.78 Å². The van der Waals surface area contributed by atoms with E-state index in [1.807, 2.05) is 37.1 Å². The van der Waals surface area contributed by atoms with Crippen LogP contribution >= 0.6 is 0 Å². The Labute approximate surface area is 101 Å². The predicted octanol–water partition coefficient (Wildman–Crippen LogP) is 3.27. The molecule has 94 valence electrons. The highest BCUT2D eigenvalue weighted by molar-refractivity contribution is 5.60. The summed E-state index contributed by atoms with van der Waals surface area (Å²) >= 11 is 0. The number of nitrogens with zero attached hydrogens (tertiary/aromatic N) is 1. The molecule has 1 N–H and O–H groups in total. The van der Waals surface area contributed by atoms with Crippen molar-refractivity contribution in [2.24, 2.45) is 0 Å². The maximum absolute atomic E-state index is 13.1. The SMILES string of the molecule is CNc1cc(C)cc(N2CCC(F)(F)CC2)c1. The lowest BCUT2D eigenvalue weighted by Gasteiger charge is -2.33. The summed E-state index contributed by atoms with van der Waals surface area (Å²) in [7, 11) is 1.86. The summed E-state index contributed by atoms with van der Waals surface area (Å²) < 4.78 is 26.2. The number of alkyl halides is 2. The number of halogens is 2. The minimum atomic E-state index is -2.48. The summed E-state index contributed by atoms with van der Waals surface area (Å²) in [6.45, 7) is 2.88. The molecule has 0 bridgehead atoms. The quantitative estimate of drug-likeness (QED) is 0.853. The van der Waals surface area contributed by atoms with Gasteiger partial charge >= 0.3 is 0 Å². The Bertz CT molecular complexity index is 394. The summed E-state index contributed by atoms with van der Waals surface area (Å²) in [5, 5.41) is 3.09. The van der Waals surface area contributed by atoms with Gasteiger partial charge in [0.1, 0.15) is 0 Å². The van der Waals surface area contributed by atoms with E-state index in [2.05, 4.69) is 5.32 Å². The second-order valence-electron chi connectivity index (χ2n) is 4.65. The first-order chi connectivity index (χ1) is 8.00. The van der Waals surface area contributed by atoms with Crippen LogP contribution in [0.5, 0.6) is 0 Å². The summed E-state index contributed by atoms with van der Waals surface area (Å²) in [5.41, 5.74) is 3.20. The first-order valence-corrected chi connectivity index (χ1v) is 5.92. The molecule has 0 unspecified atom stereocenters. The van der Waals surface area contributed by atoms with Crippen molar-refractivity contribution in [3.05, 3.63) is 23.8 Å². The van der Waals surface area contributed by atoms with Gasteiger partial charge in [0, 0.05) is 44.4 Å². The van der Waals surface area contributed by atoms with Gasteiger partial charge in [-0.15, -0.1) is 0 Å². The van der Waals surface area contributed by atoms with Crippen molar-refractivity contribution in [3.63, 3.8) is 0 Å². The number of hydrogen-bond acceptors (Lipinski definition) is 2. The number of nitrogens with one attached hydrogen (secondary N) is 1. The van der Waals surface area contributed by atoms with Crippen LogP contribution < -0.4 is 10.2 Å². The van der Waals surface area contributed by atoms with Gasteiger partial charge in [-0.25, -0.2) is 8.78 Å². The lowest BCUT2D eigenvalue weighted by Crippen LogP contribution is -2.39. The third kappa shape index (κ3) is 2.87. The average molecular weight is 240 g/mol. The third-order valence-electron chi connectivity index (χ3n) is 3.21. The number of benzene rings is 1. The van der Waals surface area contributed by atoms with E-state index in [0.717, 1.165) is 16.9 Å². The Morgan fingerprint density at radius 3 is 2.41 bits per heavy atom. The molecular formula is C13H18F2N2. The molecule has 1 heterocycles. The number of rotatable bonds is 2. The van der Waals surface area contributed by atoms with Crippen LogP contribution in [0, 0.1) is 6.92 Å². The van der Waals surface area contributed by atoms with E-state index in [1.54, 1.807) is 0 Å². The standard InChI is InChI=1S/C13H18F2N2/c1-10-7-11(16-2)9-12(8-10)17-5-3-13(14,15)4-6-17/h7-9,16H,3-6H2,1-2H3. The summed E-state index contributed by atoms with van der Waals surface area (Å²) in [6.07, 6.45) is -0.0916. The highest BCUT2D eigenvalue weighted by atomic mass is 19.3. The van der Waals surface area contributed by atoms with E-state index >= 15 is 0 Å². The maximum atomic E-state index is 13.1. The van der Waals surface area contributed by atoms with Crippen LogP contribution in [0.1, 0.15) is 18.4 Å². The van der Waals surface area contributed by atoms with Crippen LogP contribution in [0.3, 0.4) is 0 Å². The lowest BCUT2D eigenvalue weighted by molar-refractivity contribution is -0.0220. The van der Waals surface area contributed by atoms with Crippen molar-refractivity contribution in [3.8, 4) is 0 Å². The summed E-state index contributed by atoms with van der Waals surface area (Å²) in [6, 6.07) is 6.10. The molecule has 0 aliphatic carbocycles. The zero-order valence-electron chi connectivity index (χ0n) is 10.3. The molecule has 0 atom stereocenters. The molecule has 0 spiro atoms. The monoisotopic (exact) mass is 240 g/mol. The zero-order chi connectivity index (χ0) is 12.5. The molecule has 1 aromatic carbocycles. The number of piperidine rings is 1. The first kappa shape index (κ1) is 12.1. The Hall–Kier alpha value is -1.32. The third-order valence-corrected chi connectivity index (χ3v) is 3.21. The van der Waals surface area contributed by atoms with Gasteiger partial charge in [0.2, 0.25) is 0 Å². The molecule has 0 amide bonds. The van der Waals surface area contributed by atoms with Crippen LogP contribution in [0.4, 0.5) is 20.2 Å². The molecule has 1 aromatic rings. The van der Waals surface area contributed by atoms with E-state index in [-0.39, 0.29) is 12.8 Å². The normalized spacial score (nSPS) is 19.2. The van der Waals surface area contributed by atoms with Crippen LogP contribution in [-0.2, 0) is 0 Å². The van der Waals surface area contributed by atoms with E-state index in [4.69, 9.17) is 0 Å². The molecule has 1 aliphatic rings. The van der Waals surface area contributed by atoms with Crippen molar-refractivity contribution in [1.82, 2.24) is 0 Å². The Kier molecular flexibility index (Phi) is 3.22. The summed E-state index contributed by atoms with van der Waals surface area (Å²) in [4.78, 5) is 2.03. The highest BCUT2D eigenvalue weighted by Gasteiger charge is 2.34. The zero-order valence-corrected chi connectivity index (χ0v) is 10.3. The fourth-order valence-electron chi connectivity index (χ4n) is 2.18. The first-order valence-electron chi connectivity index (χ1n) is 5.92. The fourth-order valence-corrected chi connectivity index (χ4v) is 2.18. The van der Waals surface area contributed by atoms with Gasteiger partial charge in [-0.1, -0.05) is 0 Å². The second-order valence-corrected chi connectivity index (χ2v) is 4.65. The van der Waals surface area contributed by atoms with E-state index in [1.165, 1.54) is 0 Å². The number of anilines is 2. The maximum Gasteiger partial charge on any atom is 0.251 e. The Balaban J connectivity index is 2.15. The molecule has 1 saturated heterocycles. The van der Waals surface area contributed by atoms with Crippen LogP contribution in [-0.4, -0.2) is 26.1 Å². The Morgan fingerprint density at radius 2 is 1.82 bits per heavy atom. The van der Waals surface area contributed by atoms with Crippen LogP contribution in [0.2, 0.25) is 0 Å². The van der Waals surface area contributed by atoms with Gasteiger partial charge in [-0.2, -0.15) is 0 Å². The fraction of sp³-hybridized carbons (Fsp3) is 0.538. The molecule has 2 rings (SSSR count). The van der Waals surface area contributed by atoms with Gasteiger partial charge in [0.05, 0.1) is 0 Å². The smallest absolute Gasteiger partial charge is 0.251 e. The molecule has 17 heavy (non-hydrogen) atoms. The van der Waals surface area contributed by atoms with Gasteiger partial charge in [0.15, 0.2) is 0 Å².